The number of carbonyl (C=O) groups excluding carboxylic acids is 4. The van der Waals surface area contributed by atoms with Crippen molar-refractivity contribution in [1.29, 1.82) is 0 Å². The Balaban J connectivity index is 5.19. The van der Waals surface area contributed by atoms with Crippen LogP contribution in [0.3, 0.4) is 0 Å². The molecule has 0 aliphatic heterocycles. The number of unbranched alkanes of at least 4 members (excludes halogenated alkanes) is 32. The smallest absolute Gasteiger partial charge is 0.462 e. The van der Waals surface area contributed by atoms with Gasteiger partial charge in [-0.3, -0.25) is 37.3 Å². The van der Waals surface area contributed by atoms with Crippen molar-refractivity contribution < 1.29 is 80.2 Å². The summed E-state index contributed by atoms with van der Waals surface area (Å²) in [5, 5.41) is 10.6. The number of rotatable bonds is 69. The summed E-state index contributed by atoms with van der Waals surface area (Å²) < 4.78 is 68.3. The van der Waals surface area contributed by atoms with E-state index in [0.29, 0.717) is 25.7 Å². The van der Waals surface area contributed by atoms with Crippen LogP contribution in [0.5, 0.6) is 0 Å². The summed E-state index contributed by atoms with van der Waals surface area (Å²) >= 11 is 0. The number of ether oxygens (including phenoxy) is 4. The van der Waals surface area contributed by atoms with E-state index in [2.05, 4.69) is 55.4 Å². The molecule has 19 heteroatoms. The molecule has 0 aliphatic carbocycles. The molecule has 5 unspecified atom stereocenters. The summed E-state index contributed by atoms with van der Waals surface area (Å²) in [6.45, 7) is 14.1. The summed E-state index contributed by atoms with van der Waals surface area (Å²) in [7, 11) is -9.90. The molecule has 0 amide bonds. The minimum atomic E-state index is -4.95. The van der Waals surface area contributed by atoms with Gasteiger partial charge in [0.15, 0.2) is 12.2 Å². The zero-order valence-corrected chi connectivity index (χ0v) is 61.3. The Bertz CT molecular complexity index is 1800. The third-order valence-electron chi connectivity index (χ3n) is 17.7. The Kier molecular flexibility index (Phi) is 60.3. The van der Waals surface area contributed by atoms with E-state index in [0.717, 1.165) is 120 Å². The molecule has 91 heavy (non-hydrogen) atoms. The van der Waals surface area contributed by atoms with Gasteiger partial charge in [-0.05, 0) is 49.4 Å². The molecule has 17 nitrogen and oxygen atoms in total. The molecule has 8 atom stereocenters. The first kappa shape index (κ1) is 89.1. The van der Waals surface area contributed by atoms with E-state index in [4.69, 9.17) is 37.0 Å². The maximum Gasteiger partial charge on any atom is 0.472 e. The van der Waals surface area contributed by atoms with Crippen LogP contribution in [0, 0.1) is 23.7 Å². The first-order valence-electron chi connectivity index (χ1n) is 37.3. The Morgan fingerprint density at radius 1 is 0.308 bits per heavy atom. The van der Waals surface area contributed by atoms with Crippen molar-refractivity contribution in [3.05, 3.63) is 0 Å². The van der Waals surface area contributed by atoms with E-state index in [1.165, 1.54) is 154 Å². The maximum atomic E-state index is 13.0. The fraction of sp³-hybridized carbons (Fsp3) is 0.944. The van der Waals surface area contributed by atoms with Crippen molar-refractivity contribution in [2.75, 3.05) is 39.6 Å². The van der Waals surface area contributed by atoms with Gasteiger partial charge in [0.2, 0.25) is 0 Å². The van der Waals surface area contributed by atoms with Gasteiger partial charge in [-0.15, -0.1) is 0 Å². The van der Waals surface area contributed by atoms with Gasteiger partial charge in [0.25, 0.3) is 0 Å². The predicted octanol–water partition coefficient (Wildman–Crippen LogP) is 20.5. The van der Waals surface area contributed by atoms with Crippen molar-refractivity contribution in [3.8, 4) is 0 Å². The van der Waals surface area contributed by atoms with Crippen molar-refractivity contribution in [2.45, 2.75) is 375 Å². The summed E-state index contributed by atoms with van der Waals surface area (Å²) in [5.41, 5.74) is 0. The number of esters is 4. The molecule has 0 rings (SSSR count). The molecule has 3 N–H and O–H groups in total. The summed E-state index contributed by atoms with van der Waals surface area (Å²) in [5.74, 6) is 0.901. The van der Waals surface area contributed by atoms with Crippen LogP contribution >= 0.6 is 15.6 Å². The van der Waals surface area contributed by atoms with E-state index in [-0.39, 0.29) is 25.7 Å². The van der Waals surface area contributed by atoms with Crippen molar-refractivity contribution >= 4 is 39.5 Å². The van der Waals surface area contributed by atoms with Crippen molar-refractivity contribution in [3.63, 3.8) is 0 Å². The first-order valence-corrected chi connectivity index (χ1v) is 40.3. The van der Waals surface area contributed by atoms with Crippen LogP contribution in [0.25, 0.3) is 0 Å². The number of aliphatic hydroxyl groups excluding tert-OH is 1. The molecule has 540 valence electrons. The van der Waals surface area contributed by atoms with Crippen molar-refractivity contribution in [2.24, 2.45) is 23.7 Å². The normalized spacial score (nSPS) is 15.1. The monoisotopic (exact) mass is 1340 g/mol. The maximum absolute atomic E-state index is 13.0. The molecular weight excluding hydrogens is 1200 g/mol. The van der Waals surface area contributed by atoms with E-state index in [9.17, 15) is 43.2 Å². The minimum absolute atomic E-state index is 0.103. The van der Waals surface area contributed by atoms with Crippen LogP contribution in [0.4, 0.5) is 0 Å². The van der Waals surface area contributed by atoms with Gasteiger partial charge in [0.1, 0.15) is 19.3 Å². The Labute approximate surface area is 556 Å². The van der Waals surface area contributed by atoms with E-state index >= 15 is 0 Å². The van der Waals surface area contributed by atoms with Crippen LogP contribution in [0.15, 0.2) is 0 Å². The Morgan fingerprint density at radius 2 is 0.527 bits per heavy atom. The van der Waals surface area contributed by atoms with Gasteiger partial charge in [0, 0.05) is 25.7 Å². The molecule has 0 aliphatic rings. The Morgan fingerprint density at radius 3 is 0.780 bits per heavy atom. The zero-order chi connectivity index (χ0) is 67.5. The lowest BCUT2D eigenvalue weighted by molar-refractivity contribution is -0.161. The number of carbonyl (C=O) groups is 4. The highest BCUT2D eigenvalue weighted by molar-refractivity contribution is 7.47. The third-order valence-corrected chi connectivity index (χ3v) is 19.6. The minimum Gasteiger partial charge on any atom is -0.462 e. The zero-order valence-electron chi connectivity index (χ0n) is 59.5. The van der Waals surface area contributed by atoms with E-state index in [1.54, 1.807) is 0 Å². The predicted molar refractivity (Wildman–Crippen MR) is 367 cm³/mol. The number of aliphatic hydroxyl groups is 1. The molecule has 0 aromatic rings. The number of phosphoric acid groups is 2. The highest BCUT2D eigenvalue weighted by atomic mass is 31.2. The quantitative estimate of drug-likeness (QED) is 0.0222. The molecule has 0 radical (unpaired) electrons. The topological polar surface area (TPSA) is 237 Å². The van der Waals surface area contributed by atoms with Crippen LogP contribution in [-0.4, -0.2) is 96.7 Å². The molecular formula is C72H140O17P2. The summed E-state index contributed by atoms with van der Waals surface area (Å²) in [6.07, 6.45) is 44.6. The van der Waals surface area contributed by atoms with Crippen LogP contribution in [0.1, 0.15) is 357 Å². The fourth-order valence-electron chi connectivity index (χ4n) is 10.7. The van der Waals surface area contributed by atoms with Gasteiger partial charge in [-0.2, -0.15) is 0 Å². The van der Waals surface area contributed by atoms with Gasteiger partial charge in [-0.25, -0.2) is 9.13 Å². The molecule has 0 aromatic carbocycles. The molecule has 0 heterocycles. The third kappa shape index (κ3) is 62.6. The average Bonchev–Trinajstić information content (AvgIpc) is 3.55. The highest BCUT2D eigenvalue weighted by Crippen LogP contribution is 2.45. The van der Waals surface area contributed by atoms with Crippen LogP contribution < -0.4 is 0 Å². The van der Waals surface area contributed by atoms with Crippen molar-refractivity contribution in [1.82, 2.24) is 0 Å². The second-order valence-corrected chi connectivity index (χ2v) is 30.1. The Hall–Kier alpha value is -1.94. The van der Waals surface area contributed by atoms with Gasteiger partial charge in [0.05, 0.1) is 26.4 Å². The number of hydrogen-bond acceptors (Lipinski definition) is 15. The van der Waals surface area contributed by atoms with Gasteiger partial charge >= 0.3 is 39.5 Å². The highest BCUT2D eigenvalue weighted by Gasteiger charge is 2.30. The van der Waals surface area contributed by atoms with E-state index < -0.39 is 97.5 Å². The first-order chi connectivity index (χ1) is 43.7. The second-order valence-electron chi connectivity index (χ2n) is 27.2. The van der Waals surface area contributed by atoms with Gasteiger partial charge < -0.3 is 33.8 Å². The molecule has 0 aromatic heterocycles. The number of phosphoric ester groups is 2. The molecule has 0 bridgehead atoms. The summed E-state index contributed by atoms with van der Waals surface area (Å²) in [4.78, 5) is 72.6. The SMILES string of the molecule is CCC(C)CCCCCCCCCCC(=O)O[C@H](COC(=O)CCCCCCCCC(C)CC)COP(=O)(O)OC[C@H](O)COP(=O)(O)OC[C@@H](COC(=O)CCCCCCCCCCCCCCCCCCC(C)C)OC(=O)CCCCCCCCC(C)CC. The standard InChI is InChI=1S/C72H140O17P2/c1-9-63(6)49-41-33-25-22-23-27-38-46-54-71(76)88-67(59-83-70(75)53-45-37-30-28-34-42-50-64(7)10-2)60-86-90(78,79)84-56-66(73)57-85-91(80,81)87-61-68(89-72(77)55-47-39-31-29-35-43-51-65(8)11-3)58-82-69(74)52-44-36-26-21-19-17-15-13-12-14-16-18-20-24-32-40-48-62(4)5/h62-68,73H,9-61H2,1-8H3,(H,78,79)(H,80,81)/t63?,64?,65?,66-,67+,68+/m0/s1. The molecule has 0 saturated carbocycles. The second kappa shape index (κ2) is 61.6. The summed E-state index contributed by atoms with van der Waals surface area (Å²) in [6, 6.07) is 0. The van der Waals surface area contributed by atoms with Gasteiger partial charge in [-0.1, -0.05) is 306 Å². The van der Waals surface area contributed by atoms with E-state index in [1.807, 2.05) is 0 Å². The number of hydrogen-bond donors (Lipinski definition) is 3. The lowest BCUT2D eigenvalue weighted by Crippen LogP contribution is -2.30. The lowest BCUT2D eigenvalue weighted by atomic mass is 9.99. The largest absolute Gasteiger partial charge is 0.472 e. The lowest BCUT2D eigenvalue weighted by Gasteiger charge is -2.21. The van der Waals surface area contributed by atoms with Crippen LogP contribution in [-0.2, 0) is 65.4 Å². The molecule has 0 spiro atoms. The molecule has 0 saturated heterocycles. The van der Waals surface area contributed by atoms with Crippen LogP contribution in [0.2, 0.25) is 0 Å². The average molecular weight is 1340 g/mol. The molecule has 0 fully saturated rings. The fourth-order valence-corrected chi connectivity index (χ4v) is 12.3.